The first-order chi connectivity index (χ1) is 20.4. The number of aromatic nitrogens is 1. The van der Waals surface area contributed by atoms with E-state index in [0.717, 1.165) is 30.4 Å². The normalized spacial score (nSPS) is 16.3. The van der Waals surface area contributed by atoms with Crippen LogP contribution in [0.25, 0.3) is 16.0 Å². The van der Waals surface area contributed by atoms with E-state index in [2.05, 4.69) is 11.9 Å². The third-order valence-corrected chi connectivity index (χ3v) is 8.07. The van der Waals surface area contributed by atoms with E-state index in [-0.39, 0.29) is 11.3 Å². The number of amides is 1. The summed E-state index contributed by atoms with van der Waals surface area (Å²) in [5, 5.41) is 11.8. The maximum atomic E-state index is 13.6. The van der Waals surface area contributed by atoms with Gasteiger partial charge in [0.1, 0.15) is 23.0 Å². The van der Waals surface area contributed by atoms with Crippen LogP contribution in [-0.4, -0.2) is 42.1 Å². The van der Waals surface area contributed by atoms with Gasteiger partial charge < -0.3 is 19.3 Å². The number of benzene rings is 3. The summed E-state index contributed by atoms with van der Waals surface area (Å²) in [7, 11) is 1.58. The highest BCUT2D eigenvalue weighted by atomic mass is 32.1. The maximum Gasteiger partial charge on any atom is 0.301 e. The van der Waals surface area contributed by atoms with Crippen molar-refractivity contribution in [3.63, 3.8) is 0 Å². The molecule has 9 heteroatoms. The number of thiazole rings is 1. The number of Topliss-reactive ketones (excluding diaryl/α,β-unsaturated/α-hetero) is 1. The molecule has 1 unspecified atom stereocenters. The third kappa shape index (κ3) is 5.97. The molecule has 0 saturated carbocycles. The molecule has 8 nitrogen and oxygen atoms in total. The molecule has 42 heavy (non-hydrogen) atoms. The van der Waals surface area contributed by atoms with Crippen molar-refractivity contribution in [3.8, 4) is 17.2 Å². The predicted molar refractivity (Wildman–Crippen MR) is 165 cm³/mol. The first kappa shape index (κ1) is 29.1. The van der Waals surface area contributed by atoms with Gasteiger partial charge in [-0.1, -0.05) is 50.2 Å². The molecule has 1 aliphatic heterocycles. The molecule has 1 saturated heterocycles. The van der Waals surface area contributed by atoms with Gasteiger partial charge in [0, 0.05) is 5.56 Å². The standard InChI is InChI=1S/C33H34N2O6S/c1-4-6-7-19-41-24-12-8-21(9-13-24)29-28(30(36)22-10-14-23(15-11-22)40-18-5-2)31(37)32(38)35(29)33-34-26-17-16-25(39-3)20-27(26)42-33/h8-17,20,29,36H,4-7,18-19H2,1-3H3. The first-order valence-electron chi connectivity index (χ1n) is 14.2. The van der Waals surface area contributed by atoms with E-state index >= 15 is 0 Å². The average molecular weight is 587 g/mol. The number of rotatable bonds is 12. The lowest BCUT2D eigenvalue weighted by Gasteiger charge is -2.23. The highest BCUT2D eigenvalue weighted by Gasteiger charge is 2.48. The molecule has 5 rings (SSSR count). The summed E-state index contributed by atoms with van der Waals surface area (Å²) in [6, 6.07) is 18.7. The number of hydrogen-bond donors (Lipinski definition) is 1. The monoisotopic (exact) mass is 586 g/mol. The second-order valence-electron chi connectivity index (χ2n) is 10.00. The topological polar surface area (TPSA) is 98.2 Å². The van der Waals surface area contributed by atoms with E-state index < -0.39 is 17.7 Å². The number of hydrogen-bond acceptors (Lipinski definition) is 8. The second kappa shape index (κ2) is 13.1. The van der Waals surface area contributed by atoms with E-state index in [4.69, 9.17) is 14.2 Å². The van der Waals surface area contributed by atoms with Crippen LogP contribution < -0.4 is 19.1 Å². The van der Waals surface area contributed by atoms with Crippen LogP contribution in [0, 0.1) is 0 Å². The lowest BCUT2D eigenvalue weighted by molar-refractivity contribution is -0.132. The molecule has 0 spiro atoms. The van der Waals surface area contributed by atoms with Crippen molar-refractivity contribution < 1.29 is 28.9 Å². The van der Waals surface area contributed by atoms with Crippen LogP contribution in [0.15, 0.2) is 72.3 Å². The Morgan fingerprint density at radius 2 is 1.55 bits per heavy atom. The summed E-state index contributed by atoms with van der Waals surface area (Å²) in [4.78, 5) is 33.2. The summed E-state index contributed by atoms with van der Waals surface area (Å²) in [5.41, 5.74) is 1.73. The number of ether oxygens (including phenoxy) is 3. The first-order valence-corrected chi connectivity index (χ1v) is 15.0. The molecule has 2 heterocycles. The van der Waals surface area contributed by atoms with Gasteiger partial charge in [0.2, 0.25) is 0 Å². The largest absolute Gasteiger partial charge is 0.507 e. The molecule has 1 fully saturated rings. The van der Waals surface area contributed by atoms with Crippen LogP contribution in [0.3, 0.4) is 0 Å². The molecule has 218 valence electrons. The molecule has 1 aromatic heterocycles. The van der Waals surface area contributed by atoms with Crippen LogP contribution in [-0.2, 0) is 9.59 Å². The molecule has 1 atom stereocenters. The van der Waals surface area contributed by atoms with E-state index in [1.54, 1.807) is 37.4 Å². The molecule has 0 aliphatic carbocycles. The minimum Gasteiger partial charge on any atom is -0.507 e. The van der Waals surface area contributed by atoms with Crippen molar-refractivity contribution in [2.24, 2.45) is 0 Å². The number of methoxy groups -OCH3 is 1. The summed E-state index contributed by atoms with van der Waals surface area (Å²) in [6.45, 7) is 5.34. The Kier molecular flexibility index (Phi) is 9.07. The zero-order valence-corrected chi connectivity index (χ0v) is 24.8. The van der Waals surface area contributed by atoms with Crippen molar-refractivity contribution in [1.82, 2.24) is 4.98 Å². The number of anilines is 1. The van der Waals surface area contributed by atoms with Crippen LogP contribution in [0.5, 0.6) is 17.2 Å². The average Bonchev–Trinajstić information content (AvgIpc) is 3.55. The Bertz CT molecular complexity index is 1590. The summed E-state index contributed by atoms with van der Waals surface area (Å²) >= 11 is 1.28. The van der Waals surface area contributed by atoms with Gasteiger partial charge in [0.05, 0.1) is 42.2 Å². The number of carbonyl (C=O) groups is 2. The van der Waals surface area contributed by atoms with Gasteiger partial charge in [-0.25, -0.2) is 4.98 Å². The molecular formula is C33H34N2O6S. The fraction of sp³-hybridized carbons (Fsp3) is 0.303. The minimum atomic E-state index is -0.891. The smallest absolute Gasteiger partial charge is 0.301 e. The third-order valence-electron chi connectivity index (χ3n) is 7.05. The van der Waals surface area contributed by atoms with E-state index in [1.807, 2.05) is 43.3 Å². The SMILES string of the molecule is CCCCCOc1ccc(C2C(=C(O)c3ccc(OCCC)cc3)C(=O)C(=O)N2c2nc3ccc(OC)cc3s2)cc1. The van der Waals surface area contributed by atoms with E-state index in [1.165, 1.54) is 16.2 Å². The zero-order chi connectivity index (χ0) is 29.6. The van der Waals surface area contributed by atoms with Crippen molar-refractivity contribution >= 4 is 44.1 Å². The van der Waals surface area contributed by atoms with Crippen molar-refractivity contribution in [2.45, 2.75) is 45.6 Å². The molecule has 1 aliphatic rings. The lowest BCUT2D eigenvalue weighted by Crippen LogP contribution is -2.29. The van der Waals surface area contributed by atoms with Gasteiger partial charge in [-0.2, -0.15) is 0 Å². The number of ketones is 1. The Morgan fingerprint density at radius 1 is 0.881 bits per heavy atom. The van der Waals surface area contributed by atoms with Gasteiger partial charge in [0.25, 0.3) is 5.78 Å². The van der Waals surface area contributed by atoms with Crippen molar-refractivity contribution in [1.29, 1.82) is 0 Å². The van der Waals surface area contributed by atoms with Gasteiger partial charge in [-0.3, -0.25) is 14.5 Å². The Balaban J connectivity index is 1.57. The van der Waals surface area contributed by atoms with Crippen LogP contribution >= 0.6 is 11.3 Å². The number of unbranched alkanes of at least 4 members (excludes halogenated alkanes) is 2. The van der Waals surface area contributed by atoms with Gasteiger partial charge in [-0.15, -0.1) is 0 Å². The van der Waals surface area contributed by atoms with Gasteiger partial charge >= 0.3 is 5.91 Å². The molecule has 1 amide bonds. The molecule has 3 aromatic carbocycles. The Hall–Kier alpha value is -4.37. The quantitative estimate of drug-likeness (QED) is 0.0806. The number of carbonyl (C=O) groups excluding carboxylic acids is 2. The number of nitrogens with zero attached hydrogens (tertiary/aromatic N) is 2. The highest BCUT2D eigenvalue weighted by Crippen LogP contribution is 2.45. The molecule has 0 bridgehead atoms. The van der Waals surface area contributed by atoms with Gasteiger partial charge in [-0.05, 0) is 73.0 Å². The minimum absolute atomic E-state index is 0.00400. The molecule has 1 N–H and O–H groups in total. The van der Waals surface area contributed by atoms with E-state index in [9.17, 15) is 14.7 Å². The van der Waals surface area contributed by atoms with Crippen LogP contribution in [0.4, 0.5) is 5.13 Å². The van der Waals surface area contributed by atoms with Crippen LogP contribution in [0.2, 0.25) is 0 Å². The number of aliphatic hydroxyl groups is 1. The maximum absolute atomic E-state index is 13.6. The number of fused-ring (bicyclic) bond motifs is 1. The predicted octanol–water partition coefficient (Wildman–Crippen LogP) is 7.29. The highest BCUT2D eigenvalue weighted by molar-refractivity contribution is 7.22. The summed E-state index contributed by atoms with van der Waals surface area (Å²) in [5.74, 6) is 0.227. The Labute approximate surface area is 249 Å². The second-order valence-corrected chi connectivity index (χ2v) is 11.0. The fourth-order valence-corrected chi connectivity index (χ4v) is 5.86. The van der Waals surface area contributed by atoms with Crippen molar-refractivity contribution in [2.75, 3.05) is 25.2 Å². The van der Waals surface area contributed by atoms with E-state index in [0.29, 0.717) is 52.2 Å². The zero-order valence-electron chi connectivity index (χ0n) is 24.0. The summed E-state index contributed by atoms with van der Waals surface area (Å²) in [6.07, 6.45) is 4.02. The molecule has 0 radical (unpaired) electrons. The van der Waals surface area contributed by atoms with Gasteiger partial charge in [0.15, 0.2) is 5.13 Å². The fourth-order valence-electron chi connectivity index (χ4n) is 4.84. The van der Waals surface area contributed by atoms with Crippen molar-refractivity contribution in [3.05, 3.63) is 83.4 Å². The van der Waals surface area contributed by atoms with Crippen LogP contribution in [0.1, 0.15) is 56.7 Å². The Morgan fingerprint density at radius 3 is 2.21 bits per heavy atom. The lowest BCUT2D eigenvalue weighted by atomic mass is 9.95. The number of aliphatic hydroxyl groups excluding tert-OH is 1. The summed E-state index contributed by atoms with van der Waals surface area (Å²) < 4.78 is 17.7. The molecular weight excluding hydrogens is 552 g/mol. The molecule has 4 aromatic rings.